The lowest BCUT2D eigenvalue weighted by Crippen LogP contribution is -2.51. The monoisotopic (exact) mass is 400 g/mol. The second-order valence-electron chi connectivity index (χ2n) is 10.4. The molecule has 5 fully saturated rings. The van der Waals surface area contributed by atoms with Gasteiger partial charge in [0.1, 0.15) is 0 Å². The van der Waals surface area contributed by atoms with Crippen LogP contribution in [0.2, 0.25) is 0 Å². The summed E-state index contributed by atoms with van der Waals surface area (Å²) >= 11 is 6.33. The summed E-state index contributed by atoms with van der Waals surface area (Å²) in [4.78, 5) is 13.8. The number of hydrogen-bond donors (Lipinski definition) is 2. The smallest absolute Gasteiger partial charge is 0.227 e. The first-order chi connectivity index (χ1) is 13.5. The molecule has 0 aliphatic heterocycles. The molecule has 0 radical (unpaired) electrons. The highest BCUT2D eigenvalue weighted by Gasteiger charge is 2.74. The number of hydrogen-bond acceptors (Lipinski definition) is 2. The lowest BCUT2D eigenvalue weighted by atomic mass is 9.63. The summed E-state index contributed by atoms with van der Waals surface area (Å²) in [5, 5.41) is 3.50. The van der Waals surface area contributed by atoms with Crippen molar-refractivity contribution >= 4 is 17.5 Å². The van der Waals surface area contributed by atoms with Gasteiger partial charge in [-0.15, -0.1) is 11.6 Å². The lowest BCUT2D eigenvalue weighted by molar-refractivity contribution is -0.137. The number of rotatable bonds is 5. The molecule has 4 atom stereocenters. The molecule has 0 aromatic heterocycles. The number of nitrogens with two attached hydrogens (primary N) is 1. The average Bonchev–Trinajstić information content (AvgIpc) is 3.03. The van der Waals surface area contributed by atoms with Crippen LogP contribution in [0.4, 0.5) is 0 Å². The molecule has 1 aromatic carbocycles. The SMILES string of the molecule is N[C@H]1CC[C@@H](NC(=O)C23CC4C[C@](c5ccccc5)(C2)C[C@@]3(CCCl)C4)CC1. The van der Waals surface area contributed by atoms with Gasteiger partial charge in [0.25, 0.3) is 0 Å². The molecular weight excluding hydrogens is 368 g/mol. The summed E-state index contributed by atoms with van der Waals surface area (Å²) in [5.41, 5.74) is 7.55. The van der Waals surface area contributed by atoms with Gasteiger partial charge >= 0.3 is 0 Å². The Morgan fingerprint density at radius 3 is 2.54 bits per heavy atom. The van der Waals surface area contributed by atoms with E-state index in [1.807, 2.05) is 0 Å². The molecule has 0 spiro atoms. The summed E-state index contributed by atoms with van der Waals surface area (Å²) in [5.74, 6) is 1.65. The maximum atomic E-state index is 13.8. The van der Waals surface area contributed by atoms with Crippen molar-refractivity contribution in [1.82, 2.24) is 5.32 Å². The van der Waals surface area contributed by atoms with Gasteiger partial charge in [0.15, 0.2) is 0 Å². The van der Waals surface area contributed by atoms with Crippen molar-refractivity contribution in [2.24, 2.45) is 22.5 Å². The van der Waals surface area contributed by atoms with Crippen LogP contribution in [0, 0.1) is 16.7 Å². The molecule has 0 saturated heterocycles. The van der Waals surface area contributed by atoms with Crippen LogP contribution in [-0.4, -0.2) is 23.9 Å². The van der Waals surface area contributed by atoms with Crippen molar-refractivity contribution in [3.8, 4) is 0 Å². The number of carbonyl (C=O) groups is 1. The van der Waals surface area contributed by atoms with E-state index < -0.39 is 0 Å². The molecular formula is C24H33ClN2O. The number of halogens is 1. The third kappa shape index (κ3) is 2.69. The number of benzene rings is 1. The summed E-state index contributed by atoms with van der Waals surface area (Å²) in [6.07, 6.45) is 10.7. The average molecular weight is 401 g/mol. The summed E-state index contributed by atoms with van der Waals surface area (Å²) in [7, 11) is 0. The van der Waals surface area contributed by atoms with Crippen LogP contribution in [0.3, 0.4) is 0 Å². The third-order valence-electron chi connectivity index (χ3n) is 8.83. The number of carbonyl (C=O) groups excluding carboxylic acids is 1. The molecule has 6 rings (SSSR count). The van der Waals surface area contributed by atoms with Crippen LogP contribution in [0.1, 0.15) is 69.8 Å². The van der Waals surface area contributed by atoms with Crippen LogP contribution in [0.25, 0.3) is 0 Å². The van der Waals surface area contributed by atoms with Crippen molar-refractivity contribution in [1.29, 1.82) is 0 Å². The molecule has 3 nitrogen and oxygen atoms in total. The zero-order valence-electron chi connectivity index (χ0n) is 16.8. The third-order valence-corrected chi connectivity index (χ3v) is 9.02. The number of amides is 1. The van der Waals surface area contributed by atoms with Gasteiger partial charge in [-0.25, -0.2) is 0 Å². The Labute approximate surface area is 173 Å². The molecule has 152 valence electrons. The van der Waals surface area contributed by atoms with Crippen LogP contribution >= 0.6 is 11.6 Å². The first kappa shape index (κ1) is 18.9. The van der Waals surface area contributed by atoms with Crippen LogP contribution < -0.4 is 11.1 Å². The molecule has 3 N–H and O–H groups in total. The van der Waals surface area contributed by atoms with E-state index in [1.165, 1.54) is 18.4 Å². The van der Waals surface area contributed by atoms with Gasteiger partial charge in [-0.3, -0.25) is 4.79 Å². The highest BCUT2D eigenvalue weighted by atomic mass is 35.5. The Bertz CT molecular complexity index is 746. The van der Waals surface area contributed by atoms with Crippen molar-refractivity contribution in [2.45, 2.75) is 81.7 Å². The summed E-state index contributed by atoms with van der Waals surface area (Å²) in [6, 6.07) is 11.6. The molecule has 5 saturated carbocycles. The fraction of sp³-hybridized carbons (Fsp3) is 0.708. The number of alkyl halides is 1. The normalized spacial score (nSPS) is 44.0. The van der Waals surface area contributed by atoms with E-state index in [9.17, 15) is 4.79 Å². The maximum absolute atomic E-state index is 13.8. The van der Waals surface area contributed by atoms with Crippen LogP contribution in [-0.2, 0) is 10.2 Å². The zero-order chi connectivity index (χ0) is 19.4. The molecule has 1 amide bonds. The maximum Gasteiger partial charge on any atom is 0.227 e. The van der Waals surface area contributed by atoms with E-state index in [-0.39, 0.29) is 16.2 Å². The van der Waals surface area contributed by atoms with E-state index in [1.54, 1.807) is 0 Å². The molecule has 1 aromatic rings. The Morgan fingerprint density at radius 1 is 1.07 bits per heavy atom. The van der Waals surface area contributed by atoms with E-state index >= 15 is 0 Å². The minimum atomic E-state index is -0.222. The molecule has 4 bridgehead atoms. The minimum absolute atomic E-state index is 0.0860. The molecule has 5 aliphatic carbocycles. The van der Waals surface area contributed by atoms with Crippen molar-refractivity contribution in [3.63, 3.8) is 0 Å². The van der Waals surface area contributed by atoms with Gasteiger partial charge in [-0.05, 0) is 86.5 Å². The zero-order valence-corrected chi connectivity index (χ0v) is 17.5. The Hall–Kier alpha value is -1.06. The Balaban J connectivity index is 1.46. The molecule has 4 heteroatoms. The first-order valence-corrected chi connectivity index (χ1v) is 11.7. The summed E-state index contributed by atoms with van der Waals surface area (Å²) < 4.78 is 0. The van der Waals surface area contributed by atoms with Gasteiger partial charge in [0.2, 0.25) is 5.91 Å². The van der Waals surface area contributed by atoms with Crippen molar-refractivity contribution in [2.75, 3.05) is 5.88 Å². The summed E-state index contributed by atoms with van der Waals surface area (Å²) in [6.45, 7) is 0. The van der Waals surface area contributed by atoms with Gasteiger partial charge in [0.05, 0.1) is 5.41 Å². The molecule has 2 unspecified atom stereocenters. The molecule has 0 heterocycles. The quantitative estimate of drug-likeness (QED) is 0.714. The standard InChI is InChI=1S/C24H33ClN2O/c25-11-10-23-13-17-12-22(15-23,18-4-2-1-3-5-18)16-24(23,14-17)21(28)27-20-8-6-19(26)7-9-20/h1-5,17,19-20H,6-16,26H2,(H,27,28)/t17?,19-,20+,22-,23-,24?/m1/s1. The van der Waals surface area contributed by atoms with Gasteiger partial charge < -0.3 is 11.1 Å². The van der Waals surface area contributed by atoms with Crippen molar-refractivity contribution < 1.29 is 4.79 Å². The highest BCUT2D eigenvalue weighted by molar-refractivity contribution is 6.17. The van der Waals surface area contributed by atoms with Crippen LogP contribution in [0.5, 0.6) is 0 Å². The van der Waals surface area contributed by atoms with E-state index in [4.69, 9.17) is 17.3 Å². The van der Waals surface area contributed by atoms with E-state index in [2.05, 4.69) is 35.6 Å². The van der Waals surface area contributed by atoms with Gasteiger partial charge in [-0.2, -0.15) is 0 Å². The largest absolute Gasteiger partial charge is 0.353 e. The van der Waals surface area contributed by atoms with Gasteiger partial charge in [0, 0.05) is 18.0 Å². The predicted octanol–water partition coefficient (Wildman–Crippen LogP) is 4.52. The Morgan fingerprint density at radius 2 is 1.82 bits per heavy atom. The molecule has 28 heavy (non-hydrogen) atoms. The fourth-order valence-electron chi connectivity index (χ4n) is 7.88. The predicted molar refractivity (Wildman–Crippen MR) is 113 cm³/mol. The fourth-order valence-corrected chi connectivity index (χ4v) is 8.25. The van der Waals surface area contributed by atoms with E-state index in [0.717, 1.165) is 51.4 Å². The number of nitrogens with one attached hydrogen (secondary N) is 1. The van der Waals surface area contributed by atoms with Gasteiger partial charge in [-0.1, -0.05) is 30.3 Å². The second-order valence-corrected chi connectivity index (χ2v) is 10.7. The topological polar surface area (TPSA) is 55.1 Å². The van der Waals surface area contributed by atoms with Crippen molar-refractivity contribution in [3.05, 3.63) is 35.9 Å². The second kappa shape index (κ2) is 6.74. The minimum Gasteiger partial charge on any atom is -0.353 e. The lowest BCUT2D eigenvalue weighted by Gasteiger charge is -2.41. The van der Waals surface area contributed by atoms with Crippen LogP contribution in [0.15, 0.2) is 30.3 Å². The van der Waals surface area contributed by atoms with E-state index in [0.29, 0.717) is 29.8 Å². The first-order valence-electron chi connectivity index (χ1n) is 11.2. The highest BCUT2D eigenvalue weighted by Crippen LogP contribution is 2.77. The molecule has 5 aliphatic rings. The Kier molecular flexibility index (Phi) is 4.56.